The Morgan fingerprint density at radius 1 is 1.14 bits per heavy atom. The highest BCUT2D eigenvalue weighted by atomic mass is 32.2. The third-order valence-electron chi connectivity index (χ3n) is 3.81. The number of amides is 2. The Kier molecular flexibility index (Phi) is 7.05. The van der Waals surface area contributed by atoms with Gasteiger partial charge in [-0.25, -0.2) is 9.59 Å². The van der Waals surface area contributed by atoms with E-state index < -0.39 is 29.1 Å². The number of hydrogen-bond donors (Lipinski definition) is 0. The molecule has 0 aliphatic carbocycles. The molecule has 0 N–H and O–H groups in total. The predicted molar refractivity (Wildman–Crippen MR) is 99.8 cm³/mol. The van der Waals surface area contributed by atoms with Crippen molar-refractivity contribution in [3.8, 4) is 11.5 Å². The number of carbonyl (C=O) groups excluding carboxylic acids is 4. The lowest BCUT2D eigenvalue weighted by Crippen LogP contribution is -2.42. The van der Waals surface area contributed by atoms with Crippen LogP contribution in [0.5, 0.6) is 11.5 Å². The molecular formula is C18H19NO8S. The number of benzene rings is 1. The maximum absolute atomic E-state index is 12.5. The lowest BCUT2D eigenvalue weighted by atomic mass is 10.1. The van der Waals surface area contributed by atoms with Crippen molar-refractivity contribution in [3.63, 3.8) is 0 Å². The Balaban J connectivity index is 2.23. The van der Waals surface area contributed by atoms with Crippen molar-refractivity contribution in [1.82, 2.24) is 4.90 Å². The van der Waals surface area contributed by atoms with Crippen LogP contribution in [0.25, 0.3) is 6.08 Å². The average molecular weight is 409 g/mol. The maximum atomic E-state index is 12.5. The zero-order chi connectivity index (χ0) is 20.8. The monoisotopic (exact) mass is 409 g/mol. The van der Waals surface area contributed by atoms with E-state index in [1.807, 2.05) is 0 Å². The van der Waals surface area contributed by atoms with Crippen LogP contribution in [-0.2, 0) is 23.9 Å². The summed E-state index contributed by atoms with van der Waals surface area (Å²) in [5.74, 6) is -1.16. The standard InChI is InChI=1S/C18H19NO8S/c1-10(17(22)26-4)19-16(21)14(28-18(19)23)8-11-5-6-12(13(7-11)24-2)27-9-15(20)25-3/h5-8,10H,9H2,1-4H3/b14-8-/t10-/m0/s1. The molecule has 0 saturated carbocycles. The van der Waals surface area contributed by atoms with Gasteiger partial charge in [0.1, 0.15) is 6.04 Å². The summed E-state index contributed by atoms with van der Waals surface area (Å²) >= 11 is 0.725. The molecule has 1 aliphatic rings. The van der Waals surface area contributed by atoms with Gasteiger partial charge >= 0.3 is 11.9 Å². The van der Waals surface area contributed by atoms with E-state index in [0.717, 1.165) is 16.7 Å². The molecule has 0 bridgehead atoms. The van der Waals surface area contributed by atoms with Crippen LogP contribution >= 0.6 is 11.8 Å². The van der Waals surface area contributed by atoms with Crippen molar-refractivity contribution in [3.05, 3.63) is 28.7 Å². The third kappa shape index (κ3) is 4.63. The first kappa shape index (κ1) is 21.3. The Morgan fingerprint density at radius 2 is 1.86 bits per heavy atom. The average Bonchev–Trinajstić information content (AvgIpc) is 2.98. The van der Waals surface area contributed by atoms with Crippen molar-refractivity contribution in [2.75, 3.05) is 27.9 Å². The van der Waals surface area contributed by atoms with Crippen LogP contribution in [0.3, 0.4) is 0 Å². The van der Waals surface area contributed by atoms with Crippen molar-refractivity contribution in [2.45, 2.75) is 13.0 Å². The second-order valence-corrected chi connectivity index (χ2v) is 6.52. The van der Waals surface area contributed by atoms with Crippen LogP contribution in [0.2, 0.25) is 0 Å². The fourth-order valence-corrected chi connectivity index (χ4v) is 3.24. The molecule has 1 aromatic rings. The number of methoxy groups -OCH3 is 3. The van der Waals surface area contributed by atoms with E-state index in [0.29, 0.717) is 17.1 Å². The van der Waals surface area contributed by atoms with E-state index in [-0.39, 0.29) is 11.5 Å². The van der Waals surface area contributed by atoms with Gasteiger partial charge in [-0.15, -0.1) is 0 Å². The van der Waals surface area contributed by atoms with Gasteiger partial charge in [0, 0.05) is 0 Å². The van der Waals surface area contributed by atoms with E-state index in [4.69, 9.17) is 9.47 Å². The normalized spacial score (nSPS) is 16.1. The second-order valence-electron chi connectivity index (χ2n) is 5.53. The summed E-state index contributed by atoms with van der Waals surface area (Å²) in [7, 11) is 3.86. The topological polar surface area (TPSA) is 108 Å². The van der Waals surface area contributed by atoms with Gasteiger partial charge in [0.2, 0.25) is 0 Å². The minimum atomic E-state index is -1.02. The summed E-state index contributed by atoms with van der Waals surface area (Å²) in [4.78, 5) is 48.5. The van der Waals surface area contributed by atoms with Crippen molar-refractivity contribution in [1.29, 1.82) is 0 Å². The van der Waals surface area contributed by atoms with Crippen LogP contribution in [0.1, 0.15) is 12.5 Å². The molecule has 1 aliphatic heterocycles. The molecule has 9 nitrogen and oxygen atoms in total. The van der Waals surface area contributed by atoms with Gasteiger partial charge < -0.3 is 18.9 Å². The van der Waals surface area contributed by atoms with Gasteiger partial charge in [0.25, 0.3) is 11.1 Å². The number of imide groups is 1. The molecule has 2 amide bonds. The van der Waals surface area contributed by atoms with Gasteiger partial charge in [0.15, 0.2) is 18.1 Å². The Labute approximate surface area is 165 Å². The lowest BCUT2D eigenvalue weighted by Gasteiger charge is -2.18. The number of hydrogen-bond acceptors (Lipinski definition) is 9. The summed E-state index contributed by atoms with van der Waals surface area (Å²) in [5.41, 5.74) is 0.568. The number of nitrogens with zero attached hydrogens (tertiary/aromatic N) is 1. The van der Waals surface area contributed by atoms with Gasteiger partial charge in [-0.2, -0.15) is 0 Å². The second kappa shape index (κ2) is 9.27. The molecular weight excluding hydrogens is 390 g/mol. The molecule has 1 aromatic carbocycles. The molecule has 1 fully saturated rings. The smallest absolute Gasteiger partial charge is 0.343 e. The molecule has 1 saturated heterocycles. The fraction of sp³-hybridized carbons (Fsp3) is 0.333. The van der Waals surface area contributed by atoms with Gasteiger partial charge in [-0.1, -0.05) is 6.07 Å². The zero-order valence-corrected chi connectivity index (χ0v) is 16.5. The number of esters is 2. The molecule has 0 aromatic heterocycles. The zero-order valence-electron chi connectivity index (χ0n) is 15.7. The van der Waals surface area contributed by atoms with Crippen molar-refractivity contribution in [2.24, 2.45) is 0 Å². The highest BCUT2D eigenvalue weighted by molar-refractivity contribution is 8.18. The van der Waals surface area contributed by atoms with E-state index >= 15 is 0 Å². The van der Waals surface area contributed by atoms with Crippen LogP contribution in [0.4, 0.5) is 4.79 Å². The Morgan fingerprint density at radius 3 is 2.46 bits per heavy atom. The molecule has 0 radical (unpaired) electrons. The summed E-state index contributed by atoms with van der Waals surface area (Å²) in [6.07, 6.45) is 1.50. The number of ether oxygens (including phenoxy) is 4. The van der Waals surface area contributed by atoms with Crippen molar-refractivity contribution < 1.29 is 38.1 Å². The van der Waals surface area contributed by atoms with Crippen LogP contribution in [0.15, 0.2) is 23.1 Å². The van der Waals surface area contributed by atoms with Gasteiger partial charge in [0.05, 0.1) is 26.2 Å². The highest BCUT2D eigenvalue weighted by Gasteiger charge is 2.41. The first-order valence-electron chi connectivity index (χ1n) is 8.05. The summed E-state index contributed by atoms with van der Waals surface area (Å²) in [5, 5.41) is -0.556. The van der Waals surface area contributed by atoms with E-state index in [1.54, 1.807) is 18.2 Å². The maximum Gasteiger partial charge on any atom is 0.343 e. The minimum absolute atomic E-state index is 0.158. The molecule has 2 rings (SSSR count). The predicted octanol–water partition coefficient (Wildman–Crippen LogP) is 1.84. The Hall–Kier alpha value is -3.01. The SMILES string of the molecule is COC(=O)COc1ccc(/C=C2\SC(=O)N([C@@H](C)C(=O)OC)C2=O)cc1OC. The quantitative estimate of drug-likeness (QED) is 0.492. The number of carbonyl (C=O) groups is 4. The fourth-order valence-electron chi connectivity index (χ4n) is 2.33. The van der Waals surface area contributed by atoms with Crippen LogP contribution in [-0.4, -0.2) is 62.0 Å². The largest absolute Gasteiger partial charge is 0.493 e. The molecule has 0 unspecified atom stereocenters. The molecule has 1 heterocycles. The van der Waals surface area contributed by atoms with Crippen molar-refractivity contribution >= 4 is 40.9 Å². The molecule has 0 spiro atoms. The Bertz CT molecular complexity index is 835. The first-order valence-corrected chi connectivity index (χ1v) is 8.86. The summed E-state index contributed by atoms with van der Waals surface area (Å²) in [6.45, 7) is 1.14. The van der Waals surface area contributed by atoms with Gasteiger partial charge in [-0.05, 0) is 42.5 Å². The molecule has 1 atom stereocenters. The van der Waals surface area contributed by atoms with E-state index in [9.17, 15) is 19.2 Å². The first-order chi connectivity index (χ1) is 13.3. The lowest BCUT2D eigenvalue weighted by molar-refractivity contribution is -0.148. The van der Waals surface area contributed by atoms with Crippen LogP contribution in [0, 0.1) is 0 Å². The van der Waals surface area contributed by atoms with Crippen LogP contribution < -0.4 is 9.47 Å². The third-order valence-corrected chi connectivity index (χ3v) is 4.70. The van der Waals surface area contributed by atoms with Gasteiger partial charge in [-0.3, -0.25) is 14.5 Å². The summed E-state index contributed by atoms with van der Waals surface area (Å²) in [6, 6.07) is 3.76. The number of thioether (sulfide) groups is 1. The van der Waals surface area contributed by atoms with E-state index in [2.05, 4.69) is 9.47 Å². The molecule has 10 heteroatoms. The number of rotatable bonds is 7. The molecule has 150 valence electrons. The minimum Gasteiger partial charge on any atom is -0.493 e. The molecule has 28 heavy (non-hydrogen) atoms. The van der Waals surface area contributed by atoms with E-state index in [1.165, 1.54) is 34.3 Å². The summed E-state index contributed by atoms with van der Waals surface area (Å²) < 4.78 is 19.7. The highest BCUT2D eigenvalue weighted by Crippen LogP contribution is 2.35.